The highest BCUT2D eigenvalue weighted by Gasteiger charge is 2.52. The quantitative estimate of drug-likeness (QED) is 0.760. The Labute approximate surface area is 163 Å². The number of alkyl halides is 1. The zero-order chi connectivity index (χ0) is 20.5. The van der Waals surface area contributed by atoms with Crippen molar-refractivity contribution in [1.82, 2.24) is 9.13 Å². The molecule has 6 nitrogen and oxygen atoms in total. The summed E-state index contributed by atoms with van der Waals surface area (Å²) < 4.78 is 28.6. The van der Waals surface area contributed by atoms with Gasteiger partial charge in [-0.05, 0) is 30.5 Å². The molecule has 28 heavy (non-hydrogen) atoms. The Kier molecular flexibility index (Phi) is 5.74. The fraction of sp³-hybridized carbons (Fsp3) is 0.524. The molecule has 0 amide bonds. The van der Waals surface area contributed by atoms with Gasteiger partial charge >= 0.3 is 5.69 Å². The minimum atomic E-state index is -1.33. The fourth-order valence-electron chi connectivity index (χ4n) is 4.00. The van der Waals surface area contributed by atoms with Gasteiger partial charge in [-0.3, -0.25) is 13.9 Å². The summed E-state index contributed by atoms with van der Waals surface area (Å²) in [6.07, 6.45) is 0.277. The van der Waals surface area contributed by atoms with E-state index in [0.717, 1.165) is 10.1 Å². The zero-order valence-electron chi connectivity index (χ0n) is 16.7. The van der Waals surface area contributed by atoms with Gasteiger partial charge in [0.1, 0.15) is 5.75 Å². The molecule has 1 aliphatic heterocycles. The Morgan fingerprint density at radius 1 is 1.14 bits per heavy atom. The molecule has 1 aliphatic rings. The van der Waals surface area contributed by atoms with Crippen LogP contribution in [-0.2, 0) is 11.3 Å². The lowest BCUT2D eigenvalue weighted by molar-refractivity contribution is -0.0940. The molecule has 1 fully saturated rings. The van der Waals surface area contributed by atoms with Crippen LogP contribution in [0.3, 0.4) is 0 Å². The van der Waals surface area contributed by atoms with Crippen molar-refractivity contribution in [3.63, 3.8) is 0 Å². The molecule has 0 bridgehead atoms. The highest BCUT2D eigenvalue weighted by Crippen LogP contribution is 2.46. The van der Waals surface area contributed by atoms with Gasteiger partial charge in [-0.15, -0.1) is 0 Å². The Morgan fingerprint density at radius 2 is 1.79 bits per heavy atom. The Bertz CT molecular complexity index is 931. The lowest BCUT2D eigenvalue weighted by Crippen LogP contribution is -2.42. The molecular weight excluding hydrogens is 363 g/mol. The summed E-state index contributed by atoms with van der Waals surface area (Å²) in [7, 11) is 1.57. The van der Waals surface area contributed by atoms with E-state index < -0.39 is 29.2 Å². The van der Waals surface area contributed by atoms with Crippen molar-refractivity contribution in [2.45, 2.75) is 58.2 Å². The molecule has 0 spiro atoms. The predicted molar refractivity (Wildman–Crippen MR) is 105 cm³/mol. The summed E-state index contributed by atoms with van der Waals surface area (Å²) in [4.78, 5) is 25.3. The SMILES string of the molecule is CCC1(CC)O[C@@H](n2ccc(=O)n(Cc3ccc(OC)cc3)c2=O)[C@H](F)[C@@H]1C. The third-order valence-electron chi connectivity index (χ3n) is 6.00. The van der Waals surface area contributed by atoms with Gasteiger partial charge in [-0.25, -0.2) is 9.18 Å². The number of hydrogen-bond acceptors (Lipinski definition) is 4. The maximum Gasteiger partial charge on any atom is 0.333 e. The average Bonchev–Trinajstić information content (AvgIpc) is 2.97. The van der Waals surface area contributed by atoms with E-state index in [-0.39, 0.29) is 12.5 Å². The second kappa shape index (κ2) is 7.91. The minimum absolute atomic E-state index is 0.0917. The summed E-state index contributed by atoms with van der Waals surface area (Å²) >= 11 is 0. The van der Waals surface area contributed by atoms with Crippen LogP contribution in [0.1, 0.15) is 45.4 Å². The molecule has 0 N–H and O–H groups in total. The molecule has 1 saturated heterocycles. The van der Waals surface area contributed by atoms with Gasteiger partial charge in [0.25, 0.3) is 5.56 Å². The van der Waals surface area contributed by atoms with Crippen molar-refractivity contribution in [1.29, 1.82) is 0 Å². The molecule has 0 saturated carbocycles. The second-order valence-electron chi connectivity index (χ2n) is 7.29. The summed E-state index contributed by atoms with van der Waals surface area (Å²) in [5, 5.41) is 0. The Hall–Kier alpha value is -2.41. The van der Waals surface area contributed by atoms with Crippen LogP contribution < -0.4 is 16.0 Å². The van der Waals surface area contributed by atoms with Crippen LogP contribution >= 0.6 is 0 Å². The highest BCUT2D eigenvalue weighted by molar-refractivity contribution is 5.27. The van der Waals surface area contributed by atoms with E-state index in [1.165, 1.54) is 16.8 Å². The first kappa shape index (κ1) is 20.3. The van der Waals surface area contributed by atoms with Gasteiger partial charge in [0, 0.05) is 18.2 Å². The van der Waals surface area contributed by atoms with Crippen molar-refractivity contribution in [2.24, 2.45) is 5.92 Å². The van der Waals surface area contributed by atoms with Gasteiger partial charge in [-0.1, -0.05) is 32.9 Å². The van der Waals surface area contributed by atoms with Crippen molar-refractivity contribution in [3.8, 4) is 5.75 Å². The number of methoxy groups -OCH3 is 1. The predicted octanol–water partition coefficient (Wildman–Crippen LogP) is 3.13. The maximum absolute atomic E-state index is 15.1. The lowest BCUT2D eigenvalue weighted by atomic mass is 9.83. The summed E-state index contributed by atoms with van der Waals surface area (Å²) in [5.41, 5.74) is -0.853. The monoisotopic (exact) mass is 390 g/mol. The number of nitrogens with zero attached hydrogens (tertiary/aromatic N) is 2. The molecule has 1 aromatic heterocycles. The first-order valence-corrected chi connectivity index (χ1v) is 9.63. The molecule has 3 atom stereocenters. The largest absolute Gasteiger partial charge is 0.497 e. The molecule has 0 radical (unpaired) electrons. The van der Waals surface area contributed by atoms with E-state index in [4.69, 9.17) is 9.47 Å². The molecule has 7 heteroatoms. The standard InChI is InChI=1S/C21H27FN2O4/c1-5-21(6-2)14(3)18(22)19(28-21)23-12-11-17(25)24(20(23)26)13-15-7-9-16(27-4)10-8-15/h7-12,14,18-19H,5-6,13H2,1-4H3/t14-,18+,19+/m0/s1. The first-order chi connectivity index (χ1) is 13.4. The number of aromatic nitrogens is 2. The summed E-state index contributed by atoms with van der Waals surface area (Å²) in [6.45, 7) is 5.83. The van der Waals surface area contributed by atoms with Gasteiger partial charge < -0.3 is 9.47 Å². The van der Waals surface area contributed by atoms with Crippen LogP contribution in [0.15, 0.2) is 46.1 Å². The molecule has 3 rings (SSSR count). The van der Waals surface area contributed by atoms with Crippen LogP contribution in [0.25, 0.3) is 0 Å². The van der Waals surface area contributed by atoms with E-state index in [9.17, 15) is 9.59 Å². The van der Waals surface area contributed by atoms with Crippen molar-refractivity contribution >= 4 is 0 Å². The Morgan fingerprint density at radius 3 is 2.32 bits per heavy atom. The Balaban J connectivity index is 1.97. The van der Waals surface area contributed by atoms with E-state index in [1.807, 2.05) is 20.8 Å². The number of rotatable bonds is 6. The number of halogens is 1. The van der Waals surface area contributed by atoms with E-state index in [0.29, 0.717) is 18.6 Å². The van der Waals surface area contributed by atoms with E-state index >= 15 is 4.39 Å². The summed E-state index contributed by atoms with van der Waals surface area (Å²) in [6, 6.07) is 8.38. The van der Waals surface area contributed by atoms with Gasteiger partial charge in [0.15, 0.2) is 12.4 Å². The van der Waals surface area contributed by atoms with Crippen molar-refractivity contribution < 1.29 is 13.9 Å². The molecular formula is C21H27FN2O4. The first-order valence-electron chi connectivity index (χ1n) is 9.63. The van der Waals surface area contributed by atoms with Gasteiger partial charge in [0.05, 0.1) is 19.3 Å². The molecule has 2 aromatic rings. The topological polar surface area (TPSA) is 62.5 Å². The third kappa shape index (κ3) is 3.39. The molecule has 0 unspecified atom stereocenters. The second-order valence-corrected chi connectivity index (χ2v) is 7.29. The molecule has 2 heterocycles. The van der Waals surface area contributed by atoms with Crippen molar-refractivity contribution in [2.75, 3.05) is 7.11 Å². The van der Waals surface area contributed by atoms with Gasteiger partial charge in [-0.2, -0.15) is 0 Å². The number of hydrogen-bond donors (Lipinski definition) is 0. The van der Waals surface area contributed by atoms with Crippen molar-refractivity contribution in [3.05, 3.63) is 62.9 Å². The summed E-state index contributed by atoms with van der Waals surface area (Å²) in [5.74, 6) is 0.340. The van der Waals surface area contributed by atoms with E-state index in [1.54, 1.807) is 31.4 Å². The number of benzene rings is 1. The fourth-order valence-corrected chi connectivity index (χ4v) is 4.00. The number of ether oxygens (including phenoxy) is 2. The lowest BCUT2D eigenvalue weighted by Gasteiger charge is -2.30. The maximum atomic E-state index is 15.1. The van der Waals surface area contributed by atoms with Crippen LogP contribution in [0.4, 0.5) is 4.39 Å². The molecule has 152 valence electrons. The van der Waals surface area contributed by atoms with Crippen LogP contribution in [-0.4, -0.2) is 28.0 Å². The molecule has 1 aromatic carbocycles. The molecule has 0 aliphatic carbocycles. The van der Waals surface area contributed by atoms with Crippen LogP contribution in [0.2, 0.25) is 0 Å². The highest BCUT2D eigenvalue weighted by atomic mass is 19.1. The normalized spacial score (nSPS) is 23.7. The van der Waals surface area contributed by atoms with Crippen LogP contribution in [0.5, 0.6) is 5.75 Å². The smallest absolute Gasteiger partial charge is 0.333 e. The average molecular weight is 390 g/mol. The van der Waals surface area contributed by atoms with Gasteiger partial charge in [0.2, 0.25) is 0 Å². The van der Waals surface area contributed by atoms with Crippen LogP contribution in [0, 0.1) is 5.92 Å². The van der Waals surface area contributed by atoms with E-state index in [2.05, 4.69) is 0 Å². The zero-order valence-corrected chi connectivity index (χ0v) is 16.7. The minimum Gasteiger partial charge on any atom is -0.497 e. The third-order valence-corrected chi connectivity index (χ3v) is 6.00.